The molecule has 4 aromatic rings. The van der Waals surface area contributed by atoms with Crippen LogP contribution in [0.4, 0.5) is 4.39 Å². The number of hydrogen-bond acceptors (Lipinski definition) is 6. The third kappa shape index (κ3) is 6.91. The van der Waals surface area contributed by atoms with Gasteiger partial charge < -0.3 is 10.4 Å². The van der Waals surface area contributed by atoms with Gasteiger partial charge in [0.2, 0.25) is 0 Å². The van der Waals surface area contributed by atoms with Gasteiger partial charge in [0.25, 0.3) is 5.91 Å². The van der Waals surface area contributed by atoms with Crippen LogP contribution in [0.2, 0.25) is 0 Å². The average molecular weight is 491 g/mol. The van der Waals surface area contributed by atoms with Crippen LogP contribution in [0.15, 0.2) is 67.1 Å². The smallest absolute Gasteiger partial charge is 0.271 e. The third-order valence-electron chi connectivity index (χ3n) is 6.19. The van der Waals surface area contributed by atoms with Crippen LogP contribution in [0, 0.1) is 0 Å². The number of para-hydroxylation sites is 2. The van der Waals surface area contributed by atoms with E-state index in [0.29, 0.717) is 36.1 Å². The number of benzene rings is 2. The van der Waals surface area contributed by atoms with Gasteiger partial charge in [-0.25, -0.2) is 14.4 Å². The zero-order valence-corrected chi connectivity index (χ0v) is 20.4. The van der Waals surface area contributed by atoms with Gasteiger partial charge in [-0.2, -0.15) is 5.10 Å². The first kappa shape index (κ1) is 25.4. The quantitative estimate of drug-likeness (QED) is 0.291. The maximum atomic E-state index is 14.3. The van der Waals surface area contributed by atoms with Gasteiger partial charge in [0, 0.05) is 5.92 Å². The summed E-state index contributed by atoms with van der Waals surface area (Å²) in [5.74, 6) is -0.0917. The number of fused-ring (bicyclic) bond motifs is 1. The zero-order chi connectivity index (χ0) is 25.5. The molecule has 0 spiro atoms. The van der Waals surface area contributed by atoms with Crippen LogP contribution in [0.5, 0.6) is 0 Å². The lowest BCUT2D eigenvalue weighted by Gasteiger charge is -2.28. The van der Waals surface area contributed by atoms with Gasteiger partial charge in [0.15, 0.2) is 0 Å². The van der Waals surface area contributed by atoms with Gasteiger partial charge in [-0.05, 0) is 57.2 Å². The van der Waals surface area contributed by atoms with Crippen molar-refractivity contribution >= 4 is 16.9 Å². The van der Waals surface area contributed by atoms with Crippen LogP contribution in [0.25, 0.3) is 11.0 Å². The number of aromatic nitrogens is 5. The molecule has 2 aromatic heterocycles. The number of nitrogens with one attached hydrogen (secondary N) is 2. The van der Waals surface area contributed by atoms with E-state index in [0.717, 1.165) is 5.56 Å². The number of aliphatic hydroxyl groups is 1. The van der Waals surface area contributed by atoms with Crippen molar-refractivity contribution in [3.8, 4) is 0 Å². The van der Waals surface area contributed by atoms with E-state index >= 15 is 0 Å². The van der Waals surface area contributed by atoms with Crippen molar-refractivity contribution in [2.75, 3.05) is 0 Å². The predicted octanol–water partition coefficient (Wildman–Crippen LogP) is 4.15. The van der Waals surface area contributed by atoms with Crippen LogP contribution < -0.4 is 5.32 Å². The minimum Gasteiger partial charge on any atom is -0.391 e. The molecule has 0 aliphatic carbocycles. The highest BCUT2D eigenvalue weighted by Crippen LogP contribution is 2.29. The van der Waals surface area contributed by atoms with Gasteiger partial charge in [0.05, 0.1) is 29.4 Å². The fourth-order valence-electron chi connectivity index (χ4n) is 4.21. The molecule has 3 unspecified atom stereocenters. The highest BCUT2D eigenvalue weighted by Gasteiger charge is 2.29. The molecular weight excluding hydrogens is 459 g/mol. The summed E-state index contributed by atoms with van der Waals surface area (Å²) in [7, 11) is 0. The normalized spacial score (nSPS) is 14.3. The van der Waals surface area contributed by atoms with Gasteiger partial charge >= 0.3 is 0 Å². The first-order valence-corrected chi connectivity index (χ1v) is 12.1. The molecule has 188 valence electrons. The maximum absolute atomic E-state index is 14.3. The molecule has 1 amide bonds. The minimum absolute atomic E-state index is 0.171. The van der Waals surface area contributed by atoms with Crippen molar-refractivity contribution in [1.82, 2.24) is 30.5 Å². The topological polar surface area (TPSA) is 117 Å². The van der Waals surface area contributed by atoms with E-state index < -0.39 is 23.7 Å². The molecular formula is C27H31FN6O2. The number of hydrogen-bond donors (Lipinski definition) is 3. The molecule has 2 aromatic carbocycles. The Balaban J connectivity index is 1.54. The highest BCUT2D eigenvalue weighted by atomic mass is 19.1. The van der Waals surface area contributed by atoms with E-state index in [-0.39, 0.29) is 18.0 Å². The number of carbonyl (C=O) groups excluding carboxylic acids is 1. The Bertz CT molecular complexity index is 1260. The standard InChI is InChI=1S/C27H31FN6O2/c1-27(2,28)13-12-19(25-30-17-31-34-25)15-24(35)22(14-18-8-4-3-5-9-18)33-26(36)23-16-29-20-10-6-7-11-21(20)32-23/h3-11,16-17,19,22,24,35H,12-15H2,1-2H3,(H,33,36)(H,30,31,34). The number of nitrogens with zero attached hydrogens (tertiary/aromatic N) is 4. The summed E-state index contributed by atoms with van der Waals surface area (Å²) < 4.78 is 14.3. The van der Waals surface area contributed by atoms with Gasteiger partial charge in [-0.1, -0.05) is 42.5 Å². The molecule has 3 atom stereocenters. The lowest BCUT2D eigenvalue weighted by atomic mass is 9.88. The monoisotopic (exact) mass is 490 g/mol. The Morgan fingerprint density at radius 1 is 1.08 bits per heavy atom. The van der Waals surface area contributed by atoms with Gasteiger partial charge in [-0.15, -0.1) is 0 Å². The summed E-state index contributed by atoms with van der Waals surface area (Å²) in [4.78, 5) is 26.2. The Morgan fingerprint density at radius 2 is 1.81 bits per heavy atom. The fraction of sp³-hybridized carbons (Fsp3) is 0.370. The summed E-state index contributed by atoms with van der Waals surface area (Å²) in [6.07, 6.45) is 3.35. The van der Waals surface area contributed by atoms with Crippen LogP contribution in [0.3, 0.4) is 0 Å². The molecule has 9 heteroatoms. The lowest BCUT2D eigenvalue weighted by molar-refractivity contribution is 0.0777. The molecule has 0 aliphatic rings. The number of aliphatic hydroxyl groups excluding tert-OH is 1. The molecule has 3 N–H and O–H groups in total. The predicted molar refractivity (Wildman–Crippen MR) is 135 cm³/mol. The Hall–Kier alpha value is -3.72. The number of carbonyl (C=O) groups is 1. The Morgan fingerprint density at radius 3 is 2.50 bits per heavy atom. The largest absolute Gasteiger partial charge is 0.391 e. The van der Waals surface area contributed by atoms with Crippen LogP contribution in [0.1, 0.15) is 60.9 Å². The SMILES string of the molecule is CC(C)(F)CCC(CC(O)C(Cc1ccccc1)NC(=O)c1cnc2ccccc2n1)c1ncn[nH]1. The molecule has 0 fully saturated rings. The van der Waals surface area contributed by atoms with Gasteiger partial charge in [0.1, 0.15) is 23.5 Å². The molecule has 4 rings (SSSR count). The molecule has 0 radical (unpaired) electrons. The second-order valence-corrected chi connectivity index (χ2v) is 9.64. The number of alkyl halides is 1. The number of aromatic amines is 1. The summed E-state index contributed by atoms with van der Waals surface area (Å²) in [5.41, 5.74) is 1.10. The van der Waals surface area contributed by atoms with Crippen molar-refractivity contribution in [3.63, 3.8) is 0 Å². The van der Waals surface area contributed by atoms with E-state index in [1.165, 1.54) is 26.4 Å². The minimum atomic E-state index is -1.35. The van der Waals surface area contributed by atoms with Crippen molar-refractivity contribution in [2.24, 2.45) is 0 Å². The second-order valence-electron chi connectivity index (χ2n) is 9.64. The summed E-state index contributed by atoms with van der Waals surface area (Å²) >= 11 is 0. The van der Waals surface area contributed by atoms with Crippen LogP contribution in [-0.4, -0.2) is 54.0 Å². The van der Waals surface area contributed by atoms with Crippen LogP contribution in [-0.2, 0) is 6.42 Å². The number of H-pyrrole nitrogens is 1. The summed E-state index contributed by atoms with van der Waals surface area (Å²) in [5, 5.41) is 21.1. The van der Waals surface area contributed by atoms with Crippen molar-refractivity contribution in [3.05, 3.63) is 84.2 Å². The Kier molecular flexibility index (Phi) is 8.00. The first-order valence-electron chi connectivity index (χ1n) is 12.1. The Labute approximate surface area is 209 Å². The maximum Gasteiger partial charge on any atom is 0.271 e. The number of rotatable bonds is 11. The molecule has 0 bridgehead atoms. The number of amides is 1. The average Bonchev–Trinajstić information content (AvgIpc) is 3.40. The second kappa shape index (κ2) is 11.3. The summed E-state index contributed by atoms with van der Waals surface area (Å²) in [6.45, 7) is 3.06. The molecule has 0 saturated carbocycles. The number of halogens is 1. The van der Waals surface area contributed by atoms with Crippen molar-refractivity contribution in [1.29, 1.82) is 0 Å². The fourth-order valence-corrected chi connectivity index (χ4v) is 4.21. The zero-order valence-electron chi connectivity index (χ0n) is 20.4. The van der Waals surface area contributed by atoms with Crippen molar-refractivity contribution in [2.45, 2.75) is 63.3 Å². The van der Waals surface area contributed by atoms with Crippen LogP contribution >= 0.6 is 0 Å². The summed E-state index contributed by atoms with van der Waals surface area (Å²) in [6, 6.07) is 16.3. The highest BCUT2D eigenvalue weighted by molar-refractivity contribution is 5.94. The van der Waals surface area contributed by atoms with E-state index in [4.69, 9.17) is 0 Å². The molecule has 0 saturated heterocycles. The van der Waals surface area contributed by atoms with E-state index in [1.54, 1.807) is 6.07 Å². The van der Waals surface area contributed by atoms with Crippen molar-refractivity contribution < 1.29 is 14.3 Å². The van der Waals surface area contributed by atoms with E-state index in [2.05, 4.69) is 30.5 Å². The van der Waals surface area contributed by atoms with E-state index in [9.17, 15) is 14.3 Å². The van der Waals surface area contributed by atoms with E-state index in [1.807, 2.05) is 48.5 Å². The first-order chi connectivity index (χ1) is 17.3. The molecule has 0 aliphatic heterocycles. The third-order valence-corrected chi connectivity index (χ3v) is 6.19. The molecule has 36 heavy (non-hydrogen) atoms. The van der Waals surface area contributed by atoms with Gasteiger partial charge in [-0.3, -0.25) is 14.9 Å². The molecule has 2 heterocycles. The lowest BCUT2D eigenvalue weighted by Crippen LogP contribution is -2.45. The molecule has 8 nitrogen and oxygen atoms in total.